The van der Waals surface area contributed by atoms with Crippen LogP contribution in [-0.4, -0.2) is 11.8 Å². The van der Waals surface area contributed by atoms with Crippen molar-refractivity contribution >= 4 is 11.8 Å². The predicted octanol–water partition coefficient (Wildman–Crippen LogP) is 4.65. The van der Waals surface area contributed by atoms with Crippen LogP contribution in [0.4, 0.5) is 0 Å². The first-order valence-corrected chi connectivity index (χ1v) is 9.34. The van der Waals surface area contributed by atoms with Gasteiger partial charge in [-0.05, 0) is 24.1 Å². The molecule has 1 heterocycles. The number of ketones is 1. The molecule has 5 heteroatoms. The van der Waals surface area contributed by atoms with Gasteiger partial charge in [0.25, 0.3) is 0 Å². The van der Waals surface area contributed by atoms with Crippen LogP contribution in [0.2, 0.25) is 0 Å². The van der Waals surface area contributed by atoms with E-state index in [1.54, 1.807) is 12.1 Å². The van der Waals surface area contributed by atoms with Crippen molar-refractivity contribution in [1.29, 1.82) is 0 Å². The molecular weight excluding hydrogens is 368 g/mol. The number of ether oxygens (including phenoxy) is 3. The van der Waals surface area contributed by atoms with Crippen LogP contribution in [0.1, 0.15) is 40.1 Å². The van der Waals surface area contributed by atoms with Gasteiger partial charge in [0.15, 0.2) is 11.9 Å². The van der Waals surface area contributed by atoms with Crippen LogP contribution in [0.3, 0.4) is 0 Å². The smallest absolute Gasteiger partial charge is 0.343 e. The fourth-order valence-electron chi connectivity index (χ4n) is 3.24. The molecule has 1 atom stereocenters. The lowest BCUT2D eigenvalue weighted by Gasteiger charge is -2.14. The van der Waals surface area contributed by atoms with Gasteiger partial charge in [0, 0.05) is 11.6 Å². The number of hydrogen-bond acceptors (Lipinski definition) is 5. The molecule has 0 saturated carbocycles. The molecular formula is C24H20O5. The van der Waals surface area contributed by atoms with Crippen LogP contribution >= 0.6 is 0 Å². The SMILES string of the molecule is CC(=O)[C@H]1OC(=O)c2c(OCc3ccccc3)cc(OCc3ccccc3)cc21. The molecule has 0 amide bonds. The summed E-state index contributed by atoms with van der Waals surface area (Å²) >= 11 is 0. The van der Waals surface area contributed by atoms with Crippen molar-refractivity contribution in [3.8, 4) is 11.5 Å². The Morgan fingerprint density at radius 3 is 2.07 bits per heavy atom. The van der Waals surface area contributed by atoms with Crippen LogP contribution in [0, 0.1) is 0 Å². The Morgan fingerprint density at radius 1 is 0.897 bits per heavy atom. The quantitative estimate of drug-likeness (QED) is 0.552. The lowest BCUT2D eigenvalue weighted by Crippen LogP contribution is -2.08. The van der Waals surface area contributed by atoms with E-state index in [1.807, 2.05) is 60.7 Å². The van der Waals surface area contributed by atoms with E-state index in [4.69, 9.17) is 14.2 Å². The van der Waals surface area contributed by atoms with Gasteiger partial charge in [-0.25, -0.2) is 4.79 Å². The predicted molar refractivity (Wildman–Crippen MR) is 107 cm³/mol. The van der Waals surface area contributed by atoms with E-state index >= 15 is 0 Å². The van der Waals surface area contributed by atoms with Crippen molar-refractivity contribution in [1.82, 2.24) is 0 Å². The van der Waals surface area contributed by atoms with Crippen LogP contribution < -0.4 is 9.47 Å². The molecule has 1 aliphatic heterocycles. The van der Waals surface area contributed by atoms with Gasteiger partial charge in [-0.1, -0.05) is 60.7 Å². The number of carbonyl (C=O) groups is 2. The van der Waals surface area contributed by atoms with Gasteiger partial charge >= 0.3 is 5.97 Å². The van der Waals surface area contributed by atoms with Crippen LogP contribution in [0.5, 0.6) is 11.5 Å². The number of benzene rings is 3. The zero-order valence-electron chi connectivity index (χ0n) is 16.0. The maximum absolute atomic E-state index is 12.4. The van der Waals surface area contributed by atoms with Gasteiger partial charge in [-0.15, -0.1) is 0 Å². The third kappa shape index (κ3) is 4.14. The molecule has 0 aliphatic carbocycles. The minimum Gasteiger partial charge on any atom is -0.489 e. The van der Waals surface area contributed by atoms with E-state index in [9.17, 15) is 9.59 Å². The topological polar surface area (TPSA) is 61.8 Å². The molecule has 3 aromatic carbocycles. The van der Waals surface area contributed by atoms with Gasteiger partial charge in [0.05, 0.1) is 0 Å². The fraction of sp³-hybridized carbons (Fsp3) is 0.167. The Bertz CT molecular complexity index is 1030. The number of fused-ring (bicyclic) bond motifs is 1. The first kappa shape index (κ1) is 18.7. The van der Waals surface area contributed by atoms with E-state index in [2.05, 4.69) is 0 Å². The summed E-state index contributed by atoms with van der Waals surface area (Å²) in [6.07, 6.45) is -0.933. The van der Waals surface area contributed by atoms with E-state index in [0.29, 0.717) is 23.7 Å². The van der Waals surface area contributed by atoms with Gasteiger partial charge in [0.2, 0.25) is 0 Å². The third-order valence-corrected chi connectivity index (χ3v) is 4.67. The molecule has 0 aromatic heterocycles. The molecule has 0 bridgehead atoms. The number of cyclic esters (lactones) is 1. The first-order valence-electron chi connectivity index (χ1n) is 9.34. The molecule has 5 nitrogen and oxygen atoms in total. The highest BCUT2D eigenvalue weighted by molar-refractivity contribution is 6.02. The Labute approximate surface area is 168 Å². The lowest BCUT2D eigenvalue weighted by atomic mass is 10.0. The Hall–Kier alpha value is -3.60. The summed E-state index contributed by atoms with van der Waals surface area (Å²) in [6.45, 7) is 2.04. The molecule has 4 rings (SSSR count). The highest BCUT2D eigenvalue weighted by Crippen LogP contribution is 2.40. The molecule has 1 aliphatic rings. The molecule has 3 aromatic rings. The summed E-state index contributed by atoms with van der Waals surface area (Å²) in [6, 6.07) is 22.7. The van der Waals surface area contributed by atoms with Crippen molar-refractivity contribution in [3.05, 3.63) is 95.1 Å². The summed E-state index contributed by atoms with van der Waals surface area (Å²) in [4.78, 5) is 24.4. The van der Waals surface area contributed by atoms with E-state index in [0.717, 1.165) is 11.1 Å². The van der Waals surface area contributed by atoms with Gasteiger partial charge in [0.1, 0.15) is 30.3 Å². The molecule has 146 valence electrons. The second-order valence-corrected chi connectivity index (χ2v) is 6.83. The van der Waals surface area contributed by atoms with Crippen molar-refractivity contribution in [2.24, 2.45) is 0 Å². The van der Waals surface area contributed by atoms with Crippen LogP contribution in [0.15, 0.2) is 72.8 Å². The molecule has 0 radical (unpaired) electrons. The number of Topliss-reactive ketones (excluding diaryl/α,β-unsaturated/α-hetero) is 1. The van der Waals surface area contributed by atoms with Gasteiger partial charge in [-0.3, -0.25) is 4.79 Å². The van der Waals surface area contributed by atoms with E-state index in [-0.39, 0.29) is 18.0 Å². The third-order valence-electron chi connectivity index (χ3n) is 4.67. The van der Waals surface area contributed by atoms with Crippen molar-refractivity contribution in [2.45, 2.75) is 26.2 Å². The average Bonchev–Trinajstić information content (AvgIpc) is 3.09. The highest BCUT2D eigenvalue weighted by Gasteiger charge is 2.37. The Kier molecular flexibility index (Phi) is 5.29. The first-order chi connectivity index (χ1) is 14.1. The fourth-order valence-corrected chi connectivity index (χ4v) is 3.24. The molecule has 0 spiro atoms. The summed E-state index contributed by atoms with van der Waals surface area (Å²) in [7, 11) is 0. The van der Waals surface area contributed by atoms with Gasteiger partial charge in [-0.2, -0.15) is 0 Å². The average molecular weight is 388 g/mol. The van der Waals surface area contributed by atoms with Crippen molar-refractivity contribution < 1.29 is 23.8 Å². The summed E-state index contributed by atoms with van der Waals surface area (Å²) in [5.74, 6) is 0.0626. The highest BCUT2D eigenvalue weighted by atomic mass is 16.6. The maximum atomic E-state index is 12.4. The summed E-state index contributed by atoms with van der Waals surface area (Å²) in [5.41, 5.74) is 2.74. The molecule has 29 heavy (non-hydrogen) atoms. The maximum Gasteiger partial charge on any atom is 0.343 e. The minimum absolute atomic E-state index is 0.244. The summed E-state index contributed by atoms with van der Waals surface area (Å²) in [5, 5.41) is 0. The molecule has 0 fully saturated rings. The second-order valence-electron chi connectivity index (χ2n) is 6.83. The number of carbonyl (C=O) groups excluding carboxylic acids is 2. The standard InChI is InChI=1S/C24H20O5/c1-16(25)23-20-12-19(27-14-17-8-4-2-5-9-17)13-21(22(20)24(26)29-23)28-15-18-10-6-3-7-11-18/h2-13,23H,14-15H2,1H3/t23-/m1/s1. The molecule has 0 saturated heterocycles. The zero-order chi connectivity index (χ0) is 20.2. The normalized spacial score (nSPS) is 14.8. The summed E-state index contributed by atoms with van der Waals surface area (Å²) < 4.78 is 17.1. The van der Waals surface area contributed by atoms with E-state index in [1.165, 1.54) is 6.92 Å². The van der Waals surface area contributed by atoms with Crippen LogP contribution in [-0.2, 0) is 22.7 Å². The zero-order valence-corrected chi connectivity index (χ0v) is 16.0. The van der Waals surface area contributed by atoms with Crippen molar-refractivity contribution in [3.63, 3.8) is 0 Å². The molecule has 0 unspecified atom stereocenters. The van der Waals surface area contributed by atoms with Crippen molar-refractivity contribution in [2.75, 3.05) is 0 Å². The Balaban J connectivity index is 1.64. The number of esters is 1. The lowest BCUT2D eigenvalue weighted by molar-refractivity contribution is -0.125. The minimum atomic E-state index is -0.933. The monoisotopic (exact) mass is 388 g/mol. The Morgan fingerprint density at radius 2 is 1.48 bits per heavy atom. The largest absolute Gasteiger partial charge is 0.489 e. The number of hydrogen-bond donors (Lipinski definition) is 0. The van der Waals surface area contributed by atoms with Gasteiger partial charge < -0.3 is 14.2 Å². The number of rotatable bonds is 7. The van der Waals surface area contributed by atoms with E-state index < -0.39 is 12.1 Å². The second kappa shape index (κ2) is 8.19. The van der Waals surface area contributed by atoms with Crippen LogP contribution in [0.25, 0.3) is 0 Å². The molecule has 0 N–H and O–H groups in total.